The number of carbonyl (C=O) groups is 1. The Kier molecular flexibility index (Phi) is 36.2. The number of hydrogen-bond donors (Lipinski definition) is 7. The molecule has 65 heavy (non-hydrogen) atoms. The summed E-state index contributed by atoms with van der Waals surface area (Å²) in [7, 11) is 0. The highest BCUT2D eigenvalue weighted by Gasteiger charge is 2.44. The molecular formula is C52H88N2O11. The van der Waals surface area contributed by atoms with Gasteiger partial charge in [-0.25, -0.2) is 0 Å². The van der Waals surface area contributed by atoms with Crippen molar-refractivity contribution in [2.75, 3.05) is 59.4 Å². The maximum Gasteiger partial charge on any atom is 0.220 e. The summed E-state index contributed by atoms with van der Waals surface area (Å²) in [6.45, 7) is 5.31. The van der Waals surface area contributed by atoms with Crippen LogP contribution in [-0.4, -0.2) is 140 Å². The van der Waals surface area contributed by atoms with Gasteiger partial charge < -0.3 is 60.3 Å². The molecule has 2 rings (SSSR count). The molecule has 372 valence electrons. The summed E-state index contributed by atoms with van der Waals surface area (Å²) < 4.78 is 27.9. The molecule has 1 amide bonds. The fraction of sp³-hybridized carbons (Fsp3) is 0.712. The number of aliphatic hydroxyl groups is 5. The molecule has 1 aliphatic heterocycles. The number of hydrogen-bond acceptors (Lipinski definition) is 12. The number of carbonyl (C=O) groups excluding carboxylic acids is 1. The predicted octanol–water partition coefficient (Wildman–Crippen LogP) is 6.58. The van der Waals surface area contributed by atoms with E-state index in [4.69, 9.17) is 29.4 Å². The van der Waals surface area contributed by atoms with Gasteiger partial charge in [0.25, 0.3) is 0 Å². The van der Waals surface area contributed by atoms with Crippen LogP contribution in [0.2, 0.25) is 0 Å². The van der Waals surface area contributed by atoms with Crippen LogP contribution in [0, 0.1) is 0 Å². The lowest BCUT2D eigenvalue weighted by molar-refractivity contribution is -0.234. The monoisotopic (exact) mass is 917 g/mol. The van der Waals surface area contributed by atoms with Gasteiger partial charge in [-0.2, -0.15) is 0 Å². The number of allylic oxidation sites excluding steroid dienone is 8. The summed E-state index contributed by atoms with van der Waals surface area (Å²) in [5, 5.41) is 57.8. The number of ether oxygens (including phenoxy) is 5. The van der Waals surface area contributed by atoms with E-state index in [1.807, 2.05) is 6.07 Å². The zero-order chi connectivity index (χ0) is 47.0. The van der Waals surface area contributed by atoms with Gasteiger partial charge in [-0.05, 0) is 82.6 Å². The van der Waals surface area contributed by atoms with Crippen molar-refractivity contribution < 1.29 is 54.0 Å². The Morgan fingerprint density at radius 3 is 1.85 bits per heavy atom. The van der Waals surface area contributed by atoms with E-state index >= 15 is 0 Å². The molecule has 0 bridgehead atoms. The lowest BCUT2D eigenvalue weighted by atomic mass is 9.90. The highest BCUT2D eigenvalue weighted by molar-refractivity contribution is 5.76. The molecule has 13 nitrogen and oxygen atoms in total. The fourth-order valence-electron chi connectivity index (χ4n) is 7.54. The number of benzene rings is 1. The standard InChI is InChI=1S/C52H88N2O11/c1-2-3-4-5-6-7-8-9-10-11-12-13-14-15-16-20-26-31-48(56)54-44(49(57)45(55)30-25-19-17-18-22-27-43-28-23-21-24-29-43)32-33-46-50(58)52(60)51(59)47(65-46)42-64-41-40-63-39-38-62-37-36-61-35-34-53/h6-7,9-10,12-13,15-16,21,23-24,28-29,44-47,49-52,55,57-60H,2-5,8,11,14,17-20,22,25-27,30-42,53H2,1H3,(H,54,56)/b7-6-,10-9-,13-12-,16-15-/t44-,45-,46+,47?,49-,50?,51-,52+/m0/s1. The van der Waals surface area contributed by atoms with Crippen molar-refractivity contribution in [2.24, 2.45) is 5.73 Å². The summed E-state index contributed by atoms with van der Waals surface area (Å²) in [5.74, 6) is -0.243. The molecule has 0 radical (unpaired) electrons. The first kappa shape index (κ1) is 58.3. The molecule has 2 unspecified atom stereocenters. The molecule has 1 aromatic carbocycles. The molecule has 8 atom stereocenters. The SMILES string of the molecule is CCCCC/C=C\C/C=C\C/C=C\C/C=C\CCCC(=O)N[C@@H](CC[C@H]1OC(COCCOCCOCCOCCN)[C@H](O)[C@H](O)C1O)[C@H](O)[C@@H](O)CCCCCCCc1ccccc1. The second-order valence-corrected chi connectivity index (χ2v) is 17.0. The number of aliphatic hydroxyl groups excluding tert-OH is 5. The topological polar surface area (TPSA) is 202 Å². The zero-order valence-corrected chi connectivity index (χ0v) is 39.7. The lowest BCUT2D eigenvalue weighted by Crippen LogP contribution is -2.59. The summed E-state index contributed by atoms with van der Waals surface area (Å²) in [6, 6.07) is 9.59. The number of rotatable bonds is 41. The average Bonchev–Trinajstić information content (AvgIpc) is 3.31. The average molecular weight is 917 g/mol. The van der Waals surface area contributed by atoms with Gasteiger partial charge in [0, 0.05) is 13.0 Å². The van der Waals surface area contributed by atoms with Crippen LogP contribution in [0.3, 0.4) is 0 Å². The van der Waals surface area contributed by atoms with E-state index < -0.39 is 48.8 Å². The first-order valence-electron chi connectivity index (χ1n) is 24.8. The van der Waals surface area contributed by atoms with Crippen molar-refractivity contribution in [3.05, 3.63) is 84.5 Å². The number of nitrogens with two attached hydrogens (primary N) is 1. The Morgan fingerprint density at radius 1 is 0.662 bits per heavy atom. The maximum atomic E-state index is 13.2. The number of amides is 1. The summed E-state index contributed by atoms with van der Waals surface area (Å²) in [4.78, 5) is 13.2. The second kappa shape index (κ2) is 40.3. The molecule has 1 heterocycles. The first-order chi connectivity index (χ1) is 31.8. The van der Waals surface area contributed by atoms with Crippen LogP contribution < -0.4 is 11.1 Å². The minimum atomic E-state index is -1.49. The molecular weight excluding hydrogens is 829 g/mol. The maximum absolute atomic E-state index is 13.2. The summed E-state index contributed by atoms with van der Waals surface area (Å²) in [5.41, 5.74) is 6.72. The van der Waals surface area contributed by atoms with Gasteiger partial charge in [-0.3, -0.25) is 4.79 Å². The van der Waals surface area contributed by atoms with Crippen molar-refractivity contribution in [1.82, 2.24) is 5.32 Å². The van der Waals surface area contributed by atoms with Crippen LogP contribution in [-0.2, 0) is 34.9 Å². The van der Waals surface area contributed by atoms with E-state index in [2.05, 4.69) is 85.1 Å². The highest BCUT2D eigenvalue weighted by atomic mass is 16.6. The molecule has 0 saturated carbocycles. The van der Waals surface area contributed by atoms with Gasteiger partial charge in [-0.15, -0.1) is 0 Å². The van der Waals surface area contributed by atoms with Gasteiger partial charge >= 0.3 is 0 Å². The van der Waals surface area contributed by atoms with Crippen LogP contribution in [0.4, 0.5) is 0 Å². The Balaban J connectivity index is 1.83. The van der Waals surface area contributed by atoms with Crippen LogP contribution in [0.1, 0.15) is 128 Å². The van der Waals surface area contributed by atoms with E-state index in [-0.39, 0.29) is 45.0 Å². The molecule has 0 spiro atoms. The number of aryl methyl sites for hydroxylation is 1. The fourth-order valence-corrected chi connectivity index (χ4v) is 7.54. The quantitative estimate of drug-likeness (QED) is 0.0275. The molecule has 1 aliphatic rings. The number of unbranched alkanes of at least 4 members (excludes halogenated alkanes) is 8. The zero-order valence-electron chi connectivity index (χ0n) is 39.7. The number of nitrogens with one attached hydrogen (secondary N) is 1. The van der Waals surface area contributed by atoms with Gasteiger partial charge in [0.1, 0.15) is 24.4 Å². The van der Waals surface area contributed by atoms with E-state index in [1.54, 1.807) is 0 Å². The highest BCUT2D eigenvalue weighted by Crippen LogP contribution is 2.26. The van der Waals surface area contributed by atoms with E-state index in [1.165, 1.54) is 24.8 Å². The summed E-state index contributed by atoms with van der Waals surface area (Å²) in [6.07, 6.45) is 24.7. The molecule has 8 N–H and O–H groups in total. The molecule has 0 aliphatic carbocycles. The molecule has 1 saturated heterocycles. The Labute approximate surface area is 391 Å². The predicted molar refractivity (Wildman–Crippen MR) is 258 cm³/mol. The molecule has 13 heteroatoms. The lowest BCUT2D eigenvalue weighted by Gasteiger charge is -2.41. The molecule has 1 aromatic rings. The van der Waals surface area contributed by atoms with Crippen LogP contribution in [0.5, 0.6) is 0 Å². The third kappa shape index (κ3) is 29.6. The van der Waals surface area contributed by atoms with Crippen molar-refractivity contribution in [1.29, 1.82) is 0 Å². The smallest absolute Gasteiger partial charge is 0.220 e. The van der Waals surface area contributed by atoms with Crippen LogP contribution in [0.25, 0.3) is 0 Å². The molecule has 1 fully saturated rings. The van der Waals surface area contributed by atoms with Gasteiger partial charge in [0.2, 0.25) is 5.91 Å². The normalized spacial score (nSPS) is 20.7. The minimum Gasteiger partial charge on any atom is -0.390 e. The Bertz CT molecular complexity index is 1380. The van der Waals surface area contributed by atoms with Crippen molar-refractivity contribution in [3.8, 4) is 0 Å². The molecule has 0 aromatic heterocycles. The van der Waals surface area contributed by atoms with Gasteiger partial charge in [0.15, 0.2) is 0 Å². The van der Waals surface area contributed by atoms with E-state index in [0.29, 0.717) is 52.4 Å². The van der Waals surface area contributed by atoms with Crippen molar-refractivity contribution in [3.63, 3.8) is 0 Å². The summed E-state index contributed by atoms with van der Waals surface area (Å²) >= 11 is 0. The van der Waals surface area contributed by atoms with Crippen LogP contribution >= 0.6 is 0 Å². The van der Waals surface area contributed by atoms with Gasteiger partial charge in [-0.1, -0.05) is 124 Å². The van der Waals surface area contributed by atoms with Gasteiger partial charge in [0.05, 0.1) is 77.2 Å². The third-order valence-electron chi connectivity index (χ3n) is 11.4. The second-order valence-electron chi connectivity index (χ2n) is 17.0. The van der Waals surface area contributed by atoms with Crippen LogP contribution in [0.15, 0.2) is 78.9 Å². The Hall–Kier alpha value is -2.79. The van der Waals surface area contributed by atoms with Crippen molar-refractivity contribution >= 4 is 5.91 Å². The first-order valence-corrected chi connectivity index (χ1v) is 24.8. The van der Waals surface area contributed by atoms with E-state index in [9.17, 15) is 30.3 Å². The minimum absolute atomic E-state index is 0.0486. The largest absolute Gasteiger partial charge is 0.390 e. The third-order valence-corrected chi connectivity index (χ3v) is 11.4. The van der Waals surface area contributed by atoms with E-state index in [0.717, 1.165) is 70.6 Å². The Morgan fingerprint density at radius 2 is 1.22 bits per heavy atom. The van der Waals surface area contributed by atoms with Crippen molar-refractivity contribution in [2.45, 2.75) is 178 Å².